The van der Waals surface area contributed by atoms with Gasteiger partial charge in [-0.05, 0) is 42.7 Å². The van der Waals surface area contributed by atoms with Crippen molar-refractivity contribution >= 4 is 22.8 Å². The number of thioether (sulfide) groups is 1. The second-order valence-electron chi connectivity index (χ2n) is 6.42. The van der Waals surface area contributed by atoms with Gasteiger partial charge < -0.3 is 14.8 Å². The molecule has 136 valence electrons. The summed E-state index contributed by atoms with van der Waals surface area (Å²) in [6.07, 6.45) is 5.47. The number of aromatic nitrogens is 3. The number of nitrogens with zero attached hydrogens (tertiary/aromatic N) is 2. The molecule has 0 saturated heterocycles. The van der Waals surface area contributed by atoms with Gasteiger partial charge in [-0.1, -0.05) is 24.6 Å². The molecule has 2 heterocycles. The molecule has 0 spiro atoms. The molecule has 0 amide bonds. The van der Waals surface area contributed by atoms with Crippen LogP contribution in [0.2, 0.25) is 0 Å². The van der Waals surface area contributed by atoms with Crippen molar-refractivity contribution in [1.29, 1.82) is 0 Å². The number of hydrogen-bond acceptors (Lipinski definition) is 5. The quantitative estimate of drug-likeness (QED) is 0.470. The van der Waals surface area contributed by atoms with Crippen molar-refractivity contribution in [2.24, 2.45) is 5.92 Å². The first-order valence-corrected chi connectivity index (χ1v) is 9.82. The Labute approximate surface area is 155 Å². The molecule has 1 aromatic carbocycles. The fourth-order valence-corrected chi connectivity index (χ4v) is 3.63. The molecular weight excluding hydrogens is 350 g/mol. The normalized spacial score (nSPS) is 14.0. The summed E-state index contributed by atoms with van der Waals surface area (Å²) >= 11 is 1.36. The first-order valence-electron chi connectivity index (χ1n) is 8.83. The number of rotatable bonds is 8. The summed E-state index contributed by atoms with van der Waals surface area (Å²) in [6, 6.07) is 9.28. The van der Waals surface area contributed by atoms with E-state index >= 15 is 0 Å². The van der Waals surface area contributed by atoms with Crippen molar-refractivity contribution in [3.05, 3.63) is 46.9 Å². The molecular formula is C19H21N3O3S. The Morgan fingerprint density at radius 2 is 2.08 bits per heavy atom. The standard InChI is InChI=1S/C19H21N3O3S/c23-10-12-26-19-21-16-7-9-20-17(16)18(24)22(19)14-3-5-15(6-4-14)25-11-8-13-1-2-13/h3-7,9,13,20,23H,1-2,8,10-12H2. The predicted molar refractivity (Wildman–Crippen MR) is 102 cm³/mol. The lowest BCUT2D eigenvalue weighted by Crippen LogP contribution is -2.22. The van der Waals surface area contributed by atoms with Crippen molar-refractivity contribution in [3.8, 4) is 11.4 Å². The number of aliphatic hydroxyl groups excluding tert-OH is 1. The Morgan fingerprint density at radius 3 is 2.81 bits per heavy atom. The Balaban J connectivity index is 1.63. The van der Waals surface area contributed by atoms with E-state index < -0.39 is 0 Å². The van der Waals surface area contributed by atoms with Crippen LogP contribution in [0.25, 0.3) is 16.7 Å². The lowest BCUT2D eigenvalue weighted by atomic mass is 10.3. The van der Waals surface area contributed by atoms with Crippen molar-refractivity contribution in [2.45, 2.75) is 24.4 Å². The second kappa shape index (κ2) is 7.55. The van der Waals surface area contributed by atoms with E-state index in [0.717, 1.165) is 30.4 Å². The van der Waals surface area contributed by atoms with E-state index in [1.807, 2.05) is 24.3 Å². The summed E-state index contributed by atoms with van der Waals surface area (Å²) in [6.45, 7) is 0.761. The zero-order valence-electron chi connectivity index (χ0n) is 14.4. The average molecular weight is 371 g/mol. The maximum atomic E-state index is 12.9. The van der Waals surface area contributed by atoms with Gasteiger partial charge in [-0.15, -0.1) is 0 Å². The van der Waals surface area contributed by atoms with Gasteiger partial charge in [0.2, 0.25) is 0 Å². The van der Waals surface area contributed by atoms with Crippen molar-refractivity contribution < 1.29 is 9.84 Å². The fourth-order valence-electron chi connectivity index (χ4n) is 2.88. The molecule has 4 rings (SSSR count). The zero-order chi connectivity index (χ0) is 17.9. The van der Waals surface area contributed by atoms with Gasteiger partial charge in [0.1, 0.15) is 11.3 Å². The molecule has 0 atom stereocenters. The summed E-state index contributed by atoms with van der Waals surface area (Å²) in [7, 11) is 0. The highest BCUT2D eigenvalue weighted by Gasteiger charge is 2.20. The number of nitrogens with one attached hydrogen (secondary N) is 1. The first kappa shape index (κ1) is 17.2. The van der Waals surface area contributed by atoms with E-state index in [1.165, 1.54) is 24.6 Å². The van der Waals surface area contributed by atoms with Crippen molar-refractivity contribution in [3.63, 3.8) is 0 Å². The Kier molecular flexibility index (Phi) is 4.99. The van der Waals surface area contributed by atoms with E-state index in [-0.39, 0.29) is 12.2 Å². The summed E-state index contributed by atoms with van der Waals surface area (Å²) < 4.78 is 7.36. The van der Waals surface area contributed by atoms with Crippen LogP contribution in [0.3, 0.4) is 0 Å². The molecule has 1 fully saturated rings. The van der Waals surface area contributed by atoms with Crippen LogP contribution in [-0.2, 0) is 0 Å². The van der Waals surface area contributed by atoms with Crippen molar-refractivity contribution in [2.75, 3.05) is 19.0 Å². The Morgan fingerprint density at radius 1 is 1.27 bits per heavy atom. The molecule has 2 N–H and O–H groups in total. The minimum Gasteiger partial charge on any atom is -0.494 e. The summed E-state index contributed by atoms with van der Waals surface area (Å²) in [5, 5.41) is 9.70. The first-order chi connectivity index (χ1) is 12.8. The maximum Gasteiger partial charge on any atom is 0.283 e. The number of hydrogen-bond donors (Lipinski definition) is 2. The van der Waals surface area contributed by atoms with Gasteiger partial charge >= 0.3 is 0 Å². The van der Waals surface area contributed by atoms with E-state index in [2.05, 4.69) is 9.97 Å². The highest BCUT2D eigenvalue weighted by Crippen LogP contribution is 2.32. The van der Waals surface area contributed by atoms with Crippen molar-refractivity contribution in [1.82, 2.24) is 14.5 Å². The number of benzene rings is 1. The largest absolute Gasteiger partial charge is 0.494 e. The number of aromatic amines is 1. The fraction of sp³-hybridized carbons (Fsp3) is 0.368. The third-order valence-corrected chi connectivity index (χ3v) is 5.38. The van der Waals surface area contributed by atoms with Gasteiger partial charge in [0.25, 0.3) is 5.56 Å². The van der Waals surface area contributed by atoms with Gasteiger partial charge in [0.05, 0.1) is 24.4 Å². The highest BCUT2D eigenvalue weighted by atomic mass is 32.2. The van der Waals surface area contributed by atoms with E-state index in [9.17, 15) is 4.79 Å². The van der Waals surface area contributed by atoms with E-state index in [1.54, 1.807) is 16.8 Å². The maximum absolute atomic E-state index is 12.9. The Hall–Kier alpha value is -2.25. The number of H-pyrrole nitrogens is 1. The van der Waals surface area contributed by atoms with Crippen LogP contribution in [0.1, 0.15) is 19.3 Å². The number of aliphatic hydroxyl groups is 1. The van der Waals surface area contributed by atoms with E-state index in [4.69, 9.17) is 9.84 Å². The van der Waals surface area contributed by atoms with Crippen LogP contribution in [0, 0.1) is 5.92 Å². The SMILES string of the molecule is O=c1c2[nH]ccc2nc(SCCO)n1-c1ccc(OCCC2CC2)cc1. The molecule has 1 aliphatic rings. The van der Waals surface area contributed by atoms with Crippen LogP contribution in [0.4, 0.5) is 0 Å². The third kappa shape index (κ3) is 3.64. The summed E-state index contributed by atoms with van der Waals surface area (Å²) in [4.78, 5) is 20.4. The van der Waals surface area contributed by atoms with Gasteiger partial charge in [-0.2, -0.15) is 0 Å². The minimum atomic E-state index is -0.150. The molecule has 7 heteroatoms. The van der Waals surface area contributed by atoms with E-state index in [0.29, 0.717) is 21.9 Å². The average Bonchev–Trinajstić information content (AvgIpc) is 3.35. The zero-order valence-corrected chi connectivity index (χ0v) is 15.2. The van der Waals surface area contributed by atoms with Crippen LogP contribution >= 0.6 is 11.8 Å². The summed E-state index contributed by atoms with van der Waals surface area (Å²) in [5.74, 6) is 2.13. The monoisotopic (exact) mass is 371 g/mol. The predicted octanol–water partition coefficient (Wildman–Crippen LogP) is 2.98. The molecule has 0 radical (unpaired) electrons. The smallest absolute Gasteiger partial charge is 0.283 e. The molecule has 0 aliphatic heterocycles. The Bertz CT molecular complexity index is 945. The van der Waals surface area contributed by atoms with Crippen LogP contribution in [0.5, 0.6) is 5.75 Å². The third-order valence-electron chi connectivity index (χ3n) is 4.46. The molecule has 26 heavy (non-hydrogen) atoms. The van der Waals surface area contributed by atoms with Gasteiger partial charge in [-0.3, -0.25) is 9.36 Å². The van der Waals surface area contributed by atoms with Crippen LogP contribution in [0.15, 0.2) is 46.5 Å². The lowest BCUT2D eigenvalue weighted by molar-refractivity contribution is 0.302. The summed E-state index contributed by atoms with van der Waals surface area (Å²) in [5.41, 5.74) is 1.69. The molecule has 6 nitrogen and oxygen atoms in total. The number of fused-ring (bicyclic) bond motifs is 1. The minimum absolute atomic E-state index is 0.0273. The van der Waals surface area contributed by atoms with Crippen LogP contribution in [-0.4, -0.2) is 38.6 Å². The topological polar surface area (TPSA) is 80.1 Å². The highest BCUT2D eigenvalue weighted by molar-refractivity contribution is 7.99. The molecule has 2 aromatic heterocycles. The number of ether oxygens (including phenoxy) is 1. The molecule has 0 unspecified atom stereocenters. The second-order valence-corrected chi connectivity index (χ2v) is 7.48. The molecule has 1 aliphatic carbocycles. The molecule has 0 bridgehead atoms. The van der Waals surface area contributed by atoms with Crippen LogP contribution < -0.4 is 10.3 Å². The lowest BCUT2D eigenvalue weighted by Gasteiger charge is -2.12. The van der Waals surface area contributed by atoms with Gasteiger partial charge in [-0.25, -0.2) is 4.98 Å². The van der Waals surface area contributed by atoms with Gasteiger partial charge in [0, 0.05) is 11.9 Å². The molecule has 3 aromatic rings. The van der Waals surface area contributed by atoms with Gasteiger partial charge in [0.15, 0.2) is 5.16 Å². The molecule has 1 saturated carbocycles.